The molecular formula is C13H14N2O5S. The van der Waals surface area contributed by atoms with Gasteiger partial charge >= 0.3 is 5.66 Å². The molecule has 0 radical (unpaired) electrons. The molecule has 1 aliphatic rings. The monoisotopic (exact) mass is 310 g/mol. The highest BCUT2D eigenvalue weighted by Gasteiger charge is 2.53. The Hall–Kier alpha value is -2.03. The maximum absolute atomic E-state index is 11.4. The third-order valence-electron chi connectivity index (χ3n) is 3.10. The van der Waals surface area contributed by atoms with Crippen LogP contribution in [0.2, 0.25) is 0 Å². The van der Waals surface area contributed by atoms with Crippen LogP contribution in [0.4, 0.5) is 0 Å². The first kappa shape index (κ1) is 15.4. The van der Waals surface area contributed by atoms with Gasteiger partial charge in [-0.05, 0) is 11.1 Å². The molecule has 7 nitrogen and oxygen atoms in total. The summed E-state index contributed by atoms with van der Waals surface area (Å²) in [7, 11) is -3.90. The van der Waals surface area contributed by atoms with Gasteiger partial charge in [0.05, 0.1) is 11.2 Å². The van der Waals surface area contributed by atoms with Gasteiger partial charge < -0.3 is 5.11 Å². The largest absolute Gasteiger partial charge is 0.379 e. The third-order valence-corrected chi connectivity index (χ3v) is 3.79. The van der Waals surface area contributed by atoms with Crippen molar-refractivity contribution in [1.29, 1.82) is 0 Å². The van der Waals surface area contributed by atoms with Gasteiger partial charge in [-0.15, -0.1) is 4.72 Å². The normalized spacial score (nSPS) is 25.4. The van der Waals surface area contributed by atoms with Crippen molar-refractivity contribution in [3.05, 3.63) is 64.2 Å². The van der Waals surface area contributed by atoms with E-state index in [4.69, 9.17) is 0 Å². The number of aliphatic hydroxyl groups is 1. The van der Waals surface area contributed by atoms with E-state index in [1.807, 2.05) is 4.72 Å². The molecule has 0 heterocycles. The predicted octanol–water partition coefficient (Wildman–Crippen LogP) is 0.523. The van der Waals surface area contributed by atoms with Crippen molar-refractivity contribution in [2.75, 3.05) is 6.26 Å². The zero-order chi connectivity index (χ0) is 15.7. The molecule has 2 unspecified atom stereocenters. The van der Waals surface area contributed by atoms with Gasteiger partial charge in [0.15, 0.2) is 6.10 Å². The average molecular weight is 310 g/mol. The maximum Gasteiger partial charge on any atom is 0.336 e. The fourth-order valence-corrected chi connectivity index (χ4v) is 3.04. The molecule has 0 amide bonds. The number of sulfonamides is 1. The molecule has 0 fully saturated rings. The smallest absolute Gasteiger partial charge is 0.336 e. The molecule has 2 rings (SSSR count). The van der Waals surface area contributed by atoms with Gasteiger partial charge in [0.25, 0.3) is 0 Å². The minimum absolute atomic E-state index is 0.269. The number of rotatable bonds is 4. The van der Waals surface area contributed by atoms with Gasteiger partial charge in [-0.2, -0.15) is 0 Å². The van der Waals surface area contributed by atoms with Crippen LogP contribution >= 0.6 is 0 Å². The van der Waals surface area contributed by atoms with E-state index >= 15 is 0 Å². The fourth-order valence-electron chi connectivity index (χ4n) is 2.19. The molecular weight excluding hydrogens is 296 g/mol. The molecule has 21 heavy (non-hydrogen) atoms. The Kier molecular flexibility index (Phi) is 3.95. The standard InChI is InChI=1S/C13H14N2O5S/c1-21(19,20)14-13(15(17)18)9-5-8-11(12(13)16)10-6-3-2-4-7-10/h2-9,12,14,16H,1H3. The van der Waals surface area contributed by atoms with Crippen LogP contribution in [-0.4, -0.2) is 36.5 Å². The topological polar surface area (TPSA) is 110 Å². The van der Waals surface area contributed by atoms with Gasteiger partial charge in [-0.25, -0.2) is 8.42 Å². The third kappa shape index (κ3) is 3.02. The Balaban J connectivity index is 2.50. The number of nitrogens with zero attached hydrogens (tertiary/aromatic N) is 1. The van der Waals surface area contributed by atoms with E-state index in [1.165, 1.54) is 12.2 Å². The van der Waals surface area contributed by atoms with Crippen molar-refractivity contribution < 1.29 is 18.4 Å². The molecule has 2 atom stereocenters. The van der Waals surface area contributed by atoms with Crippen LogP contribution in [0.25, 0.3) is 5.57 Å². The second-order valence-electron chi connectivity index (χ2n) is 4.71. The molecule has 0 aliphatic heterocycles. The van der Waals surface area contributed by atoms with E-state index in [0.29, 0.717) is 5.56 Å². The molecule has 8 heteroatoms. The lowest BCUT2D eigenvalue weighted by atomic mass is 9.88. The Morgan fingerprint density at radius 2 is 1.95 bits per heavy atom. The second kappa shape index (κ2) is 5.40. The van der Waals surface area contributed by atoms with E-state index in [-0.39, 0.29) is 5.57 Å². The van der Waals surface area contributed by atoms with E-state index in [0.717, 1.165) is 12.3 Å². The predicted molar refractivity (Wildman–Crippen MR) is 77.3 cm³/mol. The summed E-state index contributed by atoms with van der Waals surface area (Å²) in [5.74, 6) is 0. The van der Waals surface area contributed by atoms with Crippen LogP contribution in [0.1, 0.15) is 5.56 Å². The quantitative estimate of drug-likeness (QED) is 0.479. The summed E-state index contributed by atoms with van der Waals surface area (Å²) in [5.41, 5.74) is -1.46. The van der Waals surface area contributed by atoms with Gasteiger partial charge in [-0.1, -0.05) is 42.5 Å². The molecule has 1 aromatic rings. The zero-order valence-electron chi connectivity index (χ0n) is 11.1. The Morgan fingerprint density at radius 3 is 2.48 bits per heavy atom. The first-order valence-electron chi connectivity index (χ1n) is 6.02. The molecule has 0 saturated heterocycles. The van der Waals surface area contributed by atoms with E-state index in [9.17, 15) is 23.6 Å². The van der Waals surface area contributed by atoms with Gasteiger partial charge in [0.2, 0.25) is 10.0 Å². The average Bonchev–Trinajstić information content (AvgIpc) is 2.40. The first-order valence-corrected chi connectivity index (χ1v) is 7.92. The summed E-state index contributed by atoms with van der Waals surface area (Å²) in [6.07, 6.45) is 3.07. The van der Waals surface area contributed by atoms with Crippen LogP contribution in [0.15, 0.2) is 48.6 Å². The van der Waals surface area contributed by atoms with Gasteiger partial charge in [0.1, 0.15) is 0 Å². The number of nitro groups is 1. The SMILES string of the molecule is CS(=O)(=O)NC1([N+](=O)[O-])C=CC=C(c2ccccc2)C1O. The lowest BCUT2D eigenvalue weighted by Gasteiger charge is -2.30. The van der Waals surface area contributed by atoms with Gasteiger partial charge in [0, 0.05) is 6.08 Å². The van der Waals surface area contributed by atoms with Crippen LogP contribution in [0, 0.1) is 10.1 Å². The van der Waals surface area contributed by atoms with Crippen LogP contribution in [0.5, 0.6) is 0 Å². The summed E-state index contributed by atoms with van der Waals surface area (Å²) < 4.78 is 24.8. The highest BCUT2D eigenvalue weighted by molar-refractivity contribution is 7.88. The number of aliphatic hydroxyl groups excluding tert-OH is 1. The van der Waals surface area contributed by atoms with Crippen molar-refractivity contribution >= 4 is 15.6 Å². The number of allylic oxidation sites excluding steroid dienone is 2. The molecule has 112 valence electrons. The Bertz CT molecular complexity index is 711. The minimum Gasteiger partial charge on any atom is -0.379 e. The maximum atomic E-state index is 11.4. The van der Waals surface area contributed by atoms with Crippen molar-refractivity contribution in [1.82, 2.24) is 4.72 Å². The molecule has 1 aliphatic carbocycles. The van der Waals surface area contributed by atoms with Gasteiger partial charge in [-0.3, -0.25) is 10.1 Å². The zero-order valence-corrected chi connectivity index (χ0v) is 11.9. The molecule has 0 saturated carbocycles. The number of benzene rings is 1. The summed E-state index contributed by atoms with van der Waals surface area (Å²) in [5, 5.41) is 21.8. The number of hydrogen-bond donors (Lipinski definition) is 2. The number of hydrogen-bond acceptors (Lipinski definition) is 5. The minimum atomic E-state index is -3.90. The van der Waals surface area contributed by atoms with Crippen molar-refractivity contribution in [3.8, 4) is 0 Å². The number of nitrogens with one attached hydrogen (secondary N) is 1. The molecule has 0 spiro atoms. The van der Waals surface area contributed by atoms with Crippen LogP contribution < -0.4 is 4.72 Å². The van der Waals surface area contributed by atoms with Crippen molar-refractivity contribution in [2.24, 2.45) is 0 Å². The lowest BCUT2D eigenvalue weighted by Crippen LogP contribution is -2.61. The summed E-state index contributed by atoms with van der Waals surface area (Å²) in [6.45, 7) is 0. The van der Waals surface area contributed by atoms with Crippen molar-refractivity contribution in [2.45, 2.75) is 11.8 Å². The Labute approximate surface area is 121 Å². The summed E-state index contributed by atoms with van der Waals surface area (Å²) in [6, 6.07) is 8.57. The molecule has 0 bridgehead atoms. The first-order chi connectivity index (χ1) is 9.76. The summed E-state index contributed by atoms with van der Waals surface area (Å²) >= 11 is 0. The highest BCUT2D eigenvalue weighted by atomic mass is 32.2. The summed E-state index contributed by atoms with van der Waals surface area (Å²) in [4.78, 5) is 10.5. The Morgan fingerprint density at radius 1 is 1.33 bits per heavy atom. The molecule has 2 N–H and O–H groups in total. The molecule has 0 aromatic heterocycles. The van der Waals surface area contributed by atoms with Crippen molar-refractivity contribution in [3.63, 3.8) is 0 Å². The fraction of sp³-hybridized carbons (Fsp3) is 0.231. The van der Waals surface area contributed by atoms with Crippen LogP contribution in [0.3, 0.4) is 0 Å². The van der Waals surface area contributed by atoms with E-state index in [2.05, 4.69) is 0 Å². The van der Waals surface area contributed by atoms with E-state index in [1.54, 1.807) is 30.3 Å². The lowest BCUT2D eigenvalue weighted by molar-refractivity contribution is -0.567. The second-order valence-corrected chi connectivity index (χ2v) is 6.45. The molecule has 1 aromatic carbocycles. The van der Waals surface area contributed by atoms with Crippen LogP contribution in [-0.2, 0) is 10.0 Å². The van der Waals surface area contributed by atoms with E-state index < -0.39 is 26.7 Å². The highest BCUT2D eigenvalue weighted by Crippen LogP contribution is 2.31.